The quantitative estimate of drug-likeness (QED) is 0.288. The summed E-state index contributed by atoms with van der Waals surface area (Å²) >= 11 is 0. The van der Waals surface area contributed by atoms with Crippen LogP contribution in [0.1, 0.15) is 26.3 Å². The maximum atomic E-state index is 14.1. The molecule has 0 saturated heterocycles. The molecule has 0 heterocycles. The van der Waals surface area contributed by atoms with E-state index < -0.39 is 31.4 Å². The molecule has 39 heavy (non-hydrogen) atoms. The van der Waals surface area contributed by atoms with E-state index in [2.05, 4.69) is 5.32 Å². The minimum absolute atomic E-state index is 0.0461. The van der Waals surface area contributed by atoms with Gasteiger partial charge in [0, 0.05) is 5.41 Å². The van der Waals surface area contributed by atoms with E-state index in [0.717, 1.165) is 11.1 Å². The molecule has 9 heteroatoms. The number of hydrogen-bond acceptors (Lipinski definition) is 5. The van der Waals surface area contributed by atoms with Crippen molar-refractivity contribution in [3.63, 3.8) is 0 Å². The number of benzene rings is 4. The van der Waals surface area contributed by atoms with Crippen LogP contribution in [-0.2, 0) is 24.8 Å². The fourth-order valence-electron chi connectivity index (χ4n) is 3.79. The molecule has 0 aromatic heterocycles. The van der Waals surface area contributed by atoms with Gasteiger partial charge in [-0.15, -0.1) is 0 Å². The first-order chi connectivity index (χ1) is 18.3. The Morgan fingerprint density at radius 2 is 1.13 bits per heavy atom. The minimum Gasteiger partial charge on any atom is -0.324 e. The van der Waals surface area contributed by atoms with Crippen LogP contribution in [0.3, 0.4) is 0 Å². The zero-order chi connectivity index (χ0) is 28.4. The molecule has 1 amide bonds. The molecule has 0 saturated carbocycles. The van der Waals surface area contributed by atoms with Crippen molar-refractivity contribution in [2.24, 2.45) is 5.41 Å². The van der Waals surface area contributed by atoms with Crippen LogP contribution >= 0.6 is 0 Å². The molecule has 4 aromatic rings. The molecule has 0 bridgehead atoms. The van der Waals surface area contributed by atoms with Gasteiger partial charge in [0.2, 0.25) is 5.91 Å². The Hall–Kier alpha value is -3.95. The third-order valence-electron chi connectivity index (χ3n) is 6.03. The summed E-state index contributed by atoms with van der Waals surface area (Å²) in [5, 5.41) is 2.76. The van der Waals surface area contributed by atoms with Crippen LogP contribution in [0.15, 0.2) is 113 Å². The van der Waals surface area contributed by atoms with Gasteiger partial charge in [-0.25, -0.2) is 16.8 Å². The highest BCUT2D eigenvalue weighted by atomic mass is 32.3. The molecule has 0 aliphatic heterocycles. The molecule has 4 aromatic carbocycles. The number of anilines is 2. The summed E-state index contributed by atoms with van der Waals surface area (Å²) in [5.74, 6) is -0.402. The molecule has 202 valence electrons. The molecule has 0 spiro atoms. The van der Waals surface area contributed by atoms with E-state index in [-0.39, 0.29) is 21.2 Å². The first kappa shape index (κ1) is 28.1. The number of aryl methyl sites for hydroxylation is 1. The van der Waals surface area contributed by atoms with Crippen LogP contribution in [-0.4, -0.2) is 22.7 Å². The summed E-state index contributed by atoms with van der Waals surface area (Å²) < 4.78 is 56.9. The molecule has 0 fully saturated rings. The smallest absolute Gasteiger partial charge is 0.277 e. The van der Waals surface area contributed by atoms with E-state index in [0.29, 0.717) is 9.27 Å². The molecule has 0 aliphatic rings. The Kier molecular flexibility index (Phi) is 7.68. The summed E-state index contributed by atoms with van der Waals surface area (Å²) in [7, 11) is -9.33. The SMILES string of the molecule is Cc1ccc(-c2ccc(NC(=O)C(C)(C)C)c(N(S(=O)(=O)c3ccccc3)S(=O)(=O)c3ccccc3)c2)cc1. The normalized spacial score (nSPS) is 12.1. The predicted octanol–water partition coefficient (Wildman–Crippen LogP) is 6.23. The maximum Gasteiger partial charge on any atom is 0.277 e. The molecule has 4 rings (SSSR count). The van der Waals surface area contributed by atoms with Gasteiger partial charge in [-0.2, -0.15) is 3.71 Å². The lowest BCUT2D eigenvalue weighted by Crippen LogP contribution is -2.38. The molecule has 1 N–H and O–H groups in total. The molecule has 0 unspecified atom stereocenters. The van der Waals surface area contributed by atoms with E-state index in [9.17, 15) is 21.6 Å². The number of amides is 1. The van der Waals surface area contributed by atoms with Crippen molar-refractivity contribution < 1.29 is 21.6 Å². The lowest BCUT2D eigenvalue weighted by Gasteiger charge is -2.28. The van der Waals surface area contributed by atoms with Crippen molar-refractivity contribution in [2.75, 3.05) is 9.03 Å². The minimum atomic E-state index is -4.67. The second-order valence-corrected chi connectivity index (χ2v) is 13.9. The van der Waals surface area contributed by atoms with Crippen LogP contribution < -0.4 is 9.03 Å². The topological polar surface area (TPSA) is 101 Å². The monoisotopic (exact) mass is 562 g/mol. The van der Waals surface area contributed by atoms with Gasteiger partial charge in [0.05, 0.1) is 21.2 Å². The lowest BCUT2D eigenvalue weighted by atomic mass is 9.95. The predicted molar refractivity (Wildman–Crippen MR) is 154 cm³/mol. The summed E-state index contributed by atoms with van der Waals surface area (Å²) in [5.41, 5.74) is 1.39. The third kappa shape index (κ3) is 5.89. The Labute approximate surface area is 230 Å². The molecule has 0 aliphatic carbocycles. The summed E-state index contributed by atoms with van der Waals surface area (Å²) in [6, 6.07) is 27.0. The van der Waals surface area contributed by atoms with Gasteiger partial charge < -0.3 is 5.32 Å². The van der Waals surface area contributed by atoms with Gasteiger partial charge in [-0.1, -0.05) is 93.1 Å². The number of carbonyl (C=O) groups excluding carboxylic acids is 1. The second-order valence-electron chi connectivity index (χ2n) is 10.1. The zero-order valence-electron chi connectivity index (χ0n) is 22.1. The van der Waals surface area contributed by atoms with Crippen molar-refractivity contribution in [3.8, 4) is 11.1 Å². The summed E-state index contributed by atoms with van der Waals surface area (Å²) in [6.07, 6.45) is 0. The van der Waals surface area contributed by atoms with E-state index in [4.69, 9.17) is 0 Å². The van der Waals surface area contributed by atoms with E-state index in [1.165, 1.54) is 60.7 Å². The molecule has 0 atom stereocenters. The van der Waals surface area contributed by atoms with Gasteiger partial charge in [-0.05, 0) is 54.4 Å². The molecule has 0 radical (unpaired) electrons. The molecule has 7 nitrogen and oxygen atoms in total. The fourth-order valence-corrected chi connectivity index (χ4v) is 7.54. The van der Waals surface area contributed by atoms with Gasteiger partial charge >= 0.3 is 0 Å². The van der Waals surface area contributed by atoms with Crippen LogP contribution in [0.4, 0.5) is 11.4 Å². The number of hydrogen-bond donors (Lipinski definition) is 1. The molecular formula is C30H30N2O5S2. The maximum absolute atomic E-state index is 14.1. The standard InChI is InChI=1S/C30H30N2O5S2/c1-22-15-17-23(18-16-22)24-19-20-27(31-29(33)30(2,3)4)28(21-24)32(38(34,35)25-11-7-5-8-12-25)39(36,37)26-13-9-6-10-14-26/h5-21H,1-4H3,(H,31,33). The first-order valence-corrected chi connectivity index (χ1v) is 15.1. The second kappa shape index (κ2) is 10.7. The average molecular weight is 563 g/mol. The van der Waals surface area contributed by atoms with Gasteiger partial charge in [0.1, 0.15) is 0 Å². The number of sulfonamides is 2. The van der Waals surface area contributed by atoms with Crippen molar-refractivity contribution in [3.05, 3.63) is 109 Å². The highest BCUT2D eigenvalue weighted by molar-refractivity contribution is 8.10. The van der Waals surface area contributed by atoms with Crippen molar-refractivity contribution >= 4 is 37.3 Å². The number of nitrogens with one attached hydrogen (secondary N) is 1. The fraction of sp³-hybridized carbons (Fsp3) is 0.167. The van der Waals surface area contributed by atoms with E-state index >= 15 is 0 Å². The van der Waals surface area contributed by atoms with Crippen LogP contribution in [0.5, 0.6) is 0 Å². The van der Waals surface area contributed by atoms with Gasteiger partial charge in [-0.3, -0.25) is 4.79 Å². The Morgan fingerprint density at radius 3 is 1.59 bits per heavy atom. The van der Waals surface area contributed by atoms with Gasteiger partial charge in [0.25, 0.3) is 20.0 Å². The zero-order valence-corrected chi connectivity index (χ0v) is 23.8. The van der Waals surface area contributed by atoms with Crippen LogP contribution in [0.2, 0.25) is 0 Å². The van der Waals surface area contributed by atoms with Crippen molar-refractivity contribution in [1.82, 2.24) is 0 Å². The van der Waals surface area contributed by atoms with Gasteiger partial charge in [0.15, 0.2) is 0 Å². The van der Waals surface area contributed by atoms with Crippen molar-refractivity contribution in [1.29, 1.82) is 0 Å². The highest BCUT2D eigenvalue weighted by Gasteiger charge is 2.39. The number of rotatable bonds is 7. The summed E-state index contributed by atoms with van der Waals surface area (Å²) in [4.78, 5) is 12.6. The Balaban J connectivity index is 2.04. The Bertz CT molecular complexity index is 1630. The van der Waals surface area contributed by atoms with E-state index in [1.54, 1.807) is 39.0 Å². The number of carbonyl (C=O) groups is 1. The number of nitrogens with zero attached hydrogens (tertiary/aromatic N) is 1. The highest BCUT2D eigenvalue weighted by Crippen LogP contribution is 2.39. The van der Waals surface area contributed by atoms with E-state index in [1.807, 2.05) is 31.2 Å². The average Bonchev–Trinajstić information content (AvgIpc) is 2.90. The van der Waals surface area contributed by atoms with Crippen LogP contribution in [0.25, 0.3) is 11.1 Å². The Morgan fingerprint density at radius 1 is 0.667 bits per heavy atom. The summed E-state index contributed by atoms with van der Waals surface area (Å²) in [6.45, 7) is 7.08. The lowest BCUT2D eigenvalue weighted by molar-refractivity contribution is -0.123. The first-order valence-electron chi connectivity index (χ1n) is 12.2. The third-order valence-corrected chi connectivity index (χ3v) is 10.2. The van der Waals surface area contributed by atoms with Crippen molar-refractivity contribution in [2.45, 2.75) is 37.5 Å². The molecular weight excluding hydrogens is 532 g/mol. The largest absolute Gasteiger partial charge is 0.324 e. The van der Waals surface area contributed by atoms with Crippen LogP contribution in [0, 0.1) is 12.3 Å².